The molecule has 3 N–H and O–H groups in total. The SMILES string of the molecule is O=C(NNC(=S)Nc1ccccc1)C1CCCN(C2CC(=O)N(c3ccccc3)C2=O)C1. The highest BCUT2D eigenvalue weighted by Crippen LogP contribution is 2.28. The van der Waals surface area contributed by atoms with Gasteiger partial charge in [-0.2, -0.15) is 0 Å². The molecule has 2 aromatic carbocycles. The van der Waals surface area contributed by atoms with Crippen LogP contribution in [0.25, 0.3) is 0 Å². The highest BCUT2D eigenvalue weighted by Gasteiger charge is 2.44. The summed E-state index contributed by atoms with van der Waals surface area (Å²) in [6, 6.07) is 17.8. The van der Waals surface area contributed by atoms with Gasteiger partial charge in [0.05, 0.1) is 24.1 Å². The first-order chi connectivity index (χ1) is 15.5. The smallest absolute Gasteiger partial charge is 0.251 e. The Morgan fingerprint density at radius 1 is 0.969 bits per heavy atom. The number of hydrogen-bond donors (Lipinski definition) is 3. The van der Waals surface area contributed by atoms with Crippen LogP contribution in [0.4, 0.5) is 11.4 Å². The molecular weight excluding hydrogens is 426 g/mol. The molecule has 2 atom stereocenters. The van der Waals surface area contributed by atoms with Crippen LogP contribution in [0.2, 0.25) is 0 Å². The summed E-state index contributed by atoms with van der Waals surface area (Å²) in [5.41, 5.74) is 6.79. The maximum absolute atomic E-state index is 13.0. The van der Waals surface area contributed by atoms with Crippen molar-refractivity contribution in [1.82, 2.24) is 15.8 Å². The van der Waals surface area contributed by atoms with Crippen molar-refractivity contribution in [2.45, 2.75) is 25.3 Å². The Hall–Kier alpha value is -3.30. The molecule has 2 aromatic rings. The Kier molecular flexibility index (Phi) is 6.77. The lowest BCUT2D eigenvalue weighted by Crippen LogP contribution is -2.52. The first-order valence-electron chi connectivity index (χ1n) is 10.6. The number of para-hydroxylation sites is 2. The Balaban J connectivity index is 1.32. The van der Waals surface area contributed by atoms with Gasteiger partial charge in [-0.25, -0.2) is 4.90 Å². The average molecular weight is 452 g/mol. The fraction of sp³-hybridized carbons (Fsp3) is 0.304. The second-order valence-corrected chi connectivity index (χ2v) is 8.30. The van der Waals surface area contributed by atoms with Gasteiger partial charge in [-0.3, -0.25) is 30.1 Å². The number of thiocarbonyl (C=S) groups is 1. The van der Waals surface area contributed by atoms with Gasteiger partial charge in [0.25, 0.3) is 5.91 Å². The van der Waals surface area contributed by atoms with Crippen LogP contribution in [-0.4, -0.2) is 46.9 Å². The normalized spacial score (nSPS) is 21.3. The summed E-state index contributed by atoms with van der Waals surface area (Å²) < 4.78 is 0. The summed E-state index contributed by atoms with van der Waals surface area (Å²) in [4.78, 5) is 41.5. The molecule has 0 radical (unpaired) electrons. The van der Waals surface area contributed by atoms with Crippen molar-refractivity contribution in [2.24, 2.45) is 5.92 Å². The summed E-state index contributed by atoms with van der Waals surface area (Å²) in [5.74, 6) is -0.932. The molecule has 3 amide bonds. The molecule has 32 heavy (non-hydrogen) atoms. The zero-order chi connectivity index (χ0) is 22.5. The van der Waals surface area contributed by atoms with E-state index in [-0.39, 0.29) is 35.2 Å². The number of carbonyl (C=O) groups excluding carboxylic acids is 3. The van der Waals surface area contributed by atoms with Crippen LogP contribution in [0.3, 0.4) is 0 Å². The number of hydrogen-bond acceptors (Lipinski definition) is 5. The lowest BCUT2D eigenvalue weighted by Gasteiger charge is -2.34. The van der Waals surface area contributed by atoms with E-state index in [2.05, 4.69) is 16.2 Å². The predicted molar refractivity (Wildman–Crippen MR) is 126 cm³/mol. The quantitative estimate of drug-likeness (QED) is 0.372. The van der Waals surface area contributed by atoms with Crippen LogP contribution in [0, 0.1) is 5.92 Å². The average Bonchev–Trinajstić information content (AvgIpc) is 3.12. The number of nitrogens with zero attached hydrogens (tertiary/aromatic N) is 2. The van der Waals surface area contributed by atoms with Crippen molar-refractivity contribution in [3.05, 3.63) is 60.7 Å². The van der Waals surface area contributed by atoms with Crippen LogP contribution >= 0.6 is 12.2 Å². The van der Waals surface area contributed by atoms with Gasteiger partial charge in [0.2, 0.25) is 11.8 Å². The first-order valence-corrected chi connectivity index (χ1v) is 11.0. The number of carbonyl (C=O) groups is 3. The van der Waals surface area contributed by atoms with E-state index in [9.17, 15) is 14.4 Å². The van der Waals surface area contributed by atoms with Gasteiger partial charge in [-0.15, -0.1) is 0 Å². The lowest BCUT2D eigenvalue weighted by atomic mass is 9.95. The van der Waals surface area contributed by atoms with Crippen molar-refractivity contribution in [1.29, 1.82) is 0 Å². The zero-order valence-electron chi connectivity index (χ0n) is 17.5. The number of imide groups is 1. The van der Waals surface area contributed by atoms with Crippen molar-refractivity contribution in [3.63, 3.8) is 0 Å². The predicted octanol–water partition coefficient (Wildman–Crippen LogP) is 2.05. The van der Waals surface area contributed by atoms with E-state index in [1.165, 1.54) is 4.90 Å². The molecule has 2 saturated heterocycles. The molecule has 0 spiro atoms. The van der Waals surface area contributed by atoms with Crippen molar-refractivity contribution in [3.8, 4) is 0 Å². The summed E-state index contributed by atoms with van der Waals surface area (Å²) in [6.07, 6.45) is 1.61. The molecule has 0 aliphatic carbocycles. The minimum Gasteiger partial charge on any atom is -0.331 e. The Morgan fingerprint density at radius 3 is 2.38 bits per heavy atom. The number of benzene rings is 2. The number of nitrogens with one attached hydrogen (secondary N) is 3. The van der Waals surface area contributed by atoms with Gasteiger partial charge in [-0.1, -0.05) is 36.4 Å². The molecule has 0 aromatic heterocycles. The number of piperidine rings is 1. The number of rotatable bonds is 4. The second kappa shape index (κ2) is 9.88. The highest BCUT2D eigenvalue weighted by molar-refractivity contribution is 7.80. The van der Waals surface area contributed by atoms with Gasteiger partial charge in [0.15, 0.2) is 5.11 Å². The van der Waals surface area contributed by atoms with E-state index in [4.69, 9.17) is 12.2 Å². The molecule has 2 aliphatic rings. The van der Waals surface area contributed by atoms with E-state index < -0.39 is 6.04 Å². The first kappa shape index (κ1) is 21.9. The monoisotopic (exact) mass is 451 g/mol. The molecule has 8 nitrogen and oxygen atoms in total. The molecule has 2 aliphatic heterocycles. The van der Waals surface area contributed by atoms with Gasteiger partial charge in [0.1, 0.15) is 0 Å². The third-order valence-electron chi connectivity index (χ3n) is 5.73. The Morgan fingerprint density at radius 2 is 1.66 bits per heavy atom. The van der Waals surface area contributed by atoms with Crippen LogP contribution in [0.15, 0.2) is 60.7 Å². The Bertz CT molecular complexity index is 1000. The van der Waals surface area contributed by atoms with E-state index in [1.807, 2.05) is 41.3 Å². The third-order valence-corrected chi connectivity index (χ3v) is 5.94. The van der Waals surface area contributed by atoms with Gasteiger partial charge < -0.3 is 5.32 Å². The minimum absolute atomic E-state index is 0.130. The number of hydrazine groups is 1. The van der Waals surface area contributed by atoms with Crippen LogP contribution in [0.5, 0.6) is 0 Å². The summed E-state index contributed by atoms with van der Waals surface area (Å²) in [6.45, 7) is 1.09. The summed E-state index contributed by atoms with van der Waals surface area (Å²) in [7, 11) is 0. The second-order valence-electron chi connectivity index (χ2n) is 7.89. The molecule has 4 rings (SSSR count). The van der Waals surface area contributed by atoms with Crippen molar-refractivity contribution >= 4 is 46.4 Å². The fourth-order valence-corrected chi connectivity index (χ4v) is 4.33. The number of amides is 3. The largest absolute Gasteiger partial charge is 0.331 e. The van der Waals surface area contributed by atoms with Crippen LogP contribution < -0.4 is 21.1 Å². The fourth-order valence-electron chi connectivity index (χ4n) is 4.16. The molecule has 9 heteroatoms. The zero-order valence-corrected chi connectivity index (χ0v) is 18.3. The molecule has 0 saturated carbocycles. The van der Waals surface area contributed by atoms with E-state index >= 15 is 0 Å². The molecule has 2 unspecified atom stereocenters. The molecular formula is C23H25N5O3S. The topological polar surface area (TPSA) is 93.8 Å². The molecule has 166 valence electrons. The van der Waals surface area contributed by atoms with Gasteiger partial charge in [-0.05, 0) is 55.9 Å². The van der Waals surface area contributed by atoms with Crippen molar-refractivity contribution < 1.29 is 14.4 Å². The highest BCUT2D eigenvalue weighted by atomic mass is 32.1. The van der Waals surface area contributed by atoms with Gasteiger partial charge in [0, 0.05) is 12.2 Å². The van der Waals surface area contributed by atoms with E-state index in [0.29, 0.717) is 25.2 Å². The summed E-state index contributed by atoms with van der Waals surface area (Å²) >= 11 is 5.22. The Labute approximate surface area is 191 Å². The standard InChI is InChI=1S/C23H25N5O3S/c29-20-14-19(22(31)28(20)18-11-5-2-6-12-18)27-13-7-8-16(15-27)21(30)25-26-23(32)24-17-9-3-1-4-10-17/h1-6,9-12,16,19H,7-8,13-15H2,(H,25,30)(H2,24,26,32). The maximum Gasteiger partial charge on any atom is 0.251 e. The van der Waals surface area contributed by atoms with E-state index in [0.717, 1.165) is 12.1 Å². The number of anilines is 2. The molecule has 0 bridgehead atoms. The lowest BCUT2D eigenvalue weighted by molar-refractivity contribution is -0.130. The minimum atomic E-state index is -0.535. The van der Waals surface area contributed by atoms with Crippen molar-refractivity contribution in [2.75, 3.05) is 23.3 Å². The van der Waals surface area contributed by atoms with Crippen LogP contribution in [-0.2, 0) is 14.4 Å². The molecule has 2 heterocycles. The summed E-state index contributed by atoms with van der Waals surface area (Å²) in [5, 5.41) is 3.28. The van der Waals surface area contributed by atoms with Crippen LogP contribution in [0.1, 0.15) is 19.3 Å². The third kappa shape index (κ3) is 4.95. The molecule has 2 fully saturated rings. The number of likely N-dealkylation sites (tertiary alicyclic amines) is 1. The maximum atomic E-state index is 13.0. The van der Waals surface area contributed by atoms with Gasteiger partial charge >= 0.3 is 0 Å². The van der Waals surface area contributed by atoms with E-state index in [1.54, 1.807) is 24.3 Å².